The number of ketones is 1. The van der Waals surface area contributed by atoms with Crippen molar-refractivity contribution >= 4 is 18.4 Å². The zero-order chi connectivity index (χ0) is 18.5. The molecule has 4 rings (SSSR count). The van der Waals surface area contributed by atoms with Crippen LogP contribution < -0.4 is 5.46 Å². The van der Waals surface area contributed by atoms with E-state index in [0.717, 1.165) is 36.7 Å². The molecule has 5 heteroatoms. The van der Waals surface area contributed by atoms with Gasteiger partial charge in [-0.2, -0.15) is 0 Å². The summed E-state index contributed by atoms with van der Waals surface area (Å²) in [5.74, 6) is 0.526. The van der Waals surface area contributed by atoms with Gasteiger partial charge in [0.1, 0.15) is 5.78 Å². The molecule has 140 valence electrons. The van der Waals surface area contributed by atoms with E-state index in [2.05, 4.69) is 27.7 Å². The van der Waals surface area contributed by atoms with Crippen LogP contribution in [-0.4, -0.2) is 36.3 Å². The van der Waals surface area contributed by atoms with Crippen molar-refractivity contribution in [1.29, 1.82) is 0 Å². The number of carbonyl (C=O) groups is 1. The molecule has 0 radical (unpaired) electrons. The van der Waals surface area contributed by atoms with Crippen molar-refractivity contribution in [2.75, 3.05) is 0 Å². The largest absolute Gasteiger partial charge is 0.494 e. The second-order valence-electron chi connectivity index (χ2n) is 9.10. The summed E-state index contributed by atoms with van der Waals surface area (Å²) in [6, 6.07) is 8.12. The van der Waals surface area contributed by atoms with Crippen molar-refractivity contribution in [3.8, 4) is 0 Å². The maximum absolute atomic E-state index is 12.7. The van der Waals surface area contributed by atoms with Crippen molar-refractivity contribution in [2.45, 2.75) is 83.2 Å². The molecule has 0 saturated carbocycles. The van der Waals surface area contributed by atoms with Gasteiger partial charge in [0.25, 0.3) is 0 Å². The predicted octanol–water partition coefficient (Wildman–Crippen LogP) is 3.06. The zero-order valence-corrected chi connectivity index (χ0v) is 16.3. The van der Waals surface area contributed by atoms with Crippen molar-refractivity contribution in [3.63, 3.8) is 0 Å². The Morgan fingerprint density at radius 3 is 2.08 bits per heavy atom. The van der Waals surface area contributed by atoms with Crippen LogP contribution in [0.3, 0.4) is 0 Å². The van der Waals surface area contributed by atoms with Crippen LogP contribution in [0.5, 0.6) is 0 Å². The van der Waals surface area contributed by atoms with E-state index in [1.807, 2.05) is 24.3 Å². The molecule has 3 aliphatic rings. The monoisotopic (exact) mass is 356 g/mol. The van der Waals surface area contributed by atoms with E-state index in [9.17, 15) is 4.79 Å². The van der Waals surface area contributed by atoms with Gasteiger partial charge in [0.05, 0.1) is 23.4 Å². The first-order valence-electron chi connectivity index (χ1n) is 9.86. The highest BCUT2D eigenvalue weighted by Gasteiger charge is 2.51. The van der Waals surface area contributed by atoms with Crippen molar-refractivity contribution in [3.05, 3.63) is 29.8 Å². The van der Waals surface area contributed by atoms with Gasteiger partial charge in [-0.3, -0.25) is 4.79 Å². The van der Waals surface area contributed by atoms with Crippen molar-refractivity contribution in [2.24, 2.45) is 5.92 Å². The topological polar surface area (TPSA) is 44.8 Å². The molecule has 2 unspecified atom stereocenters. The lowest BCUT2D eigenvalue weighted by Gasteiger charge is -2.32. The molecule has 0 aliphatic carbocycles. The molecule has 4 nitrogen and oxygen atoms in total. The minimum atomic E-state index is -0.351. The minimum absolute atomic E-state index is 0.170. The Kier molecular flexibility index (Phi) is 4.53. The Morgan fingerprint density at radius 2 is 1.54 bits per heavy atom. The second-order valence-corrected chi connectivity index (χ2v) is 9.10. The highest BCUT2D eigenvalue weighted by Crippen LogP contribution is 2.37. The molecule has 0 aromatic heterocycles. The number of hydrogen-bond donors (Lipinski definition) is 0. The van der Waals surface area contributed by atoms with Gasteiger partial charge in [0.2, 0.25) is 0 Å². The Balaban J connectivity index is 1.38. The quantitative estimate of drug-likeness (QED) is 0.778. The Bertz CT molecular complexity index is 654. The molecule has 3 heterocycles. The number of fused-ring (bicyclic) bond motifs is 2. The smallest absolute Gasteiger partial charge is 0.399 e. The summed E-state index contributed by atoms with van der Waals surface area (Å²) >= 11 is 0. The summed E-state index contributed by atoms with van der Waals surface area (Å²) in [5.41, 5.74) is 1.39. The van der Waals surface area contributed by atoms with Gasteiger partial charge in [-0.1, -0.05) is 24.3 Å². The van der Waals surface area contributed by atoms with Gasteiger partial charge < -0.3 is 14.0 Å². The molecule has 2 bridgehead atoms. The fourth-order valence-electron chi connectivity index (χ4n) is 4.24. The standard InChI is InChI=1S/C21H29BO4/c1-20(2)21(3,4)26-22(25-20)16-7-5-14(6-8-16)11-19(23)15-12-17-9-10-18(13-15)24-17/h5-8,15,17-18H,9-13H2,1-4H3. The molecule has 0 N–H and O–H groups in total. The summed E-state index contributed by atoms with van der Waals surface area (Å²) < 4.78 is 18.0. The molecule has 0 spiro atoms. The SMILES string of the molecule is CC1(C)OB(c2ccc(CC(=O)C3CC4CCC(C3)O4)cc2)OC1(C)C. The van der Waals surface area contributed by atoms with Gasteiger partial charge in [-0.05, 0) is 64.4 Å². The van der Waals surface area contributed by atoms with Crippen LogP contribution in [-0.2, 0) is 25.3 Å². The zero-order valence-electron chi connectivity index (χ0n) is 16.3. The maximum Gasteiger partial charge on any atom is 0.494 e. The first-order chi connectivity index (χ1) is 12.2. The average molecular weight is 356 g/mol. The van der Waals surface area contributed by atoms with Crippen LogP contribution in [0.15, 0.2) is 24.3 Å². The first-order valence-corrected chi connectivity index (χ1v) is 9.86. The minimum Gasteiger partial charge on any atom is -0.399 e. The van der Waals surface area contributed by atoms with Crippen LogP contribution in [0.4, 0.5) is 0 Å². The van der Waals surface area contributed by atoms with E-state index < -0.39 is 0 Å². The lowest BCUT2D eigenvalue weighted by molar-refractivity contribution is -0.127. The van der Waals surface area contributed by atoms with Crippen LogP contribution in [0.25, 0.3) is 0 Å². The van der Waals surface area contributed by atoms with Gasteiger partial charge in [0, 0.05) is 12.3 Å². The fourth-order valence-corrected chi connectivity index (χ4v) is 4.24. The summed E-state index contributed by atoms with van der Waals surface area (Å²) in [7, 11) is -0.351. The number of carbonyl (C=O) groups excluding carboxylic acids is 1. The molecule has 2 atom stereocenters. The molecule has 1 aromatic carbocycles. The second kappa shape index (κ2) is 6.47. The maximum atomic E-state index is 12.7. The summed E-state index contributed by atoms with van der Waals surface area (Å²) in [6.07, 6.45) is 5.19. The van der Waals surface area contributed by atoms with Crippen LogP contribution in [0.2, 0.25) is 0 Å². The molecule has 1 aromatic rings. The summed E-state index contributed by atoms with van der Waals surface area (Å²) in [6.45, 7) is 8.23. The lowest BCUT2D eigenvalue weighted by Crippen LogP contribution is -2.41. The molecule has 3 aliphatic heterocycles. The van der Waals surface area contributed by atoms with Gasteiger partial charge in [-0.15, -0.1) is 0 Å². The summed E-state index contributed by atoms with van der Waals surface area (Å²) in [5, 5.41) is 0. The van der Waals surface area contributed by atoms with Crippen molar-refractivity contribution < 1.29 is 18.8 Å². The fraction of sp³-hybridized carbons (Fsp3) is 0.667. The lowest BCUT2D eigenvalue weighted by atomic mass is 9.78. The Morgan fingerprint density at radius 1 is 1.00 bits per heavy atom. The van der Waals surface area contributed by atoms with Crippen LogP contribution in [0.1, 0.15) is 58.9 Å². The number of rotatable bonds is 4. The molecular formula is C21H29BO4. The molecule has 3 saturated heterocycles. The van der Waals surface area contributed by atoms with Crippen LogP contribution >= 0.6 is 0 Å². The normalized spacial score (nSPS) is 32.0. The van der Waals surface area contributed by atoms with E-state index in [-0.39, 0.29) is 24.2 Å². The molecular weight excluding hydrogens is 327 g/mol. The average Bonchev–Trinajstić information content (AvgIpc) is 3.02. The predicted molar refractivity (Wildman–Crippen MR) is 101 cm³/mol. The van der Waals surface area contributed by atoms with E-state index in [4.69, 9.17) is 14.0 Å². The van der Waals surface area contributed by atoms with Crippen LogP contribution in [0, 0.1) is 5.92 Å². The van der Waals surface area contributed by atoms with Gasteiger partial charge in [-0.25, -0.2) is 0 Å². The highest BCUT2D eigenvalue weighted by molar-refractivity contribution is 6.62. The Hall–Kier alpha value is -1.17. The third-order valence-electron chi connectivity index (χ3n) is 6.63. The van der Waals surface area contributed by atoms with Crippen molar-refractivity contribution in [1.82, 2.24) is 0 Å². The van der Waals surface area contributed by atoms with Gasteiger partial charge >= 0.3 is 7.12 Å². The van der Waals surface area contributed by atoms with E-state index in [1.54, 1.807) is 0 Å². The molecule has 3 fully saturated rings. The third kappa shape index (κ3) is 3.37. The number of ether oxygens (including phenoxy) is 1. The molecule has 0 amide bonds. The highest BCUT2D eigenvalue weighted by atomic mass is 16.7. The van der Waals surface area contributed by atoms with E-state index >= 15 is 0 Å². The molecule has 26 heavy (non-hydrogen) atoms. The number of hydrogen-bond acceptors (Lipinski definition) is 4. The first kappa shape index (κ1) is 18.2. The van der Waals surface area contributed by atoms with E-state index in [0.29, 0.717) is 24.4 Å². The van der Waals surface area contributed by atoms with Gasteiger partial charge in [0.15, 0.2) is 0 Å². The third-order valence-corrected chi connectivity index (χ3v) is 6.63. The van der Waals surface area contributed by atoms with E-state index in [1.165, 1.54) is 0 Å². The number of benzene rings is 1. The summed E-state index contributed by atoms with van der Waals surface area (Å²) in [4.78, 5) is 12.7. The Labute approximate surface area is 156 Å². The number of Topliss-reactive ketones (excluding diaryl/α,β-unsaturated/α-hetero) is 1.